The quantitative estimate of drug-likeness (QED) is 0.525. The molecule has 0 aromatic rings. The van der Waals surface area contributed by atoms with Crippen molar-refractivity contribution in [2.45, 2.75) is 32.2 Å². The smallest absolute Gasteiger partial charge is 0.0537 e. The van der Waals surface area contributed by atoms with Gasteiger partial charge >= 0.3 is 0 Å². The van der Waals surface area contributed by atoms with Crippen molar-refractivity contribution in [2.24, 2.45) is 5.73 Å². The van der Waals surface area contributed by atoms with E-state index in [9.17, 15) is 0 Å². The van der Waals surface area contributed by atoms with Crippen molar-refractivity contribution in [3.63, 3.8) is 0 Å². The van der Waals surface area contributed by atoms with Gasteiger partial charge in [0, 0.05) is 12.5 Å². The van der Waals surface area contributed by atoms with Gasteiger partial charge in [0.2, 0.25) is 0 Å². The number of hydrogen-bond acceptors (Lipinski definition) is 2. The zero-order chi connectivity index (χ0) is 6.41. The molecule has 1 atom stereocenters. The monoisotopic (exact) mass is 113 g/mol. The van der Waals surface area contributed by atoms with E-state index in [1.165, 1.54) is 0 Å². The molecule has 0 fully saturated rings. The van der Waals surface area contributed by atoms with E-state index in [0.29, 0.717) is 6.42 Å². The standard InChI is InChI=1S/C6H13N2/c1-2-3-6(8)4-5-7/h6-7H,2-4,8H2,1H3. The van der Waals surface area contributed by atoms with Gasteiger partial charge in [-0.2, -0.15) is 0 Å². The largest absolute Gasteiger partial charge is 0.327 e. The summed E-state index contributed by atoms with van der Waals surface area (Å²) in [7, 11) is 0. The van der Waals surface area contributed by atoms with Crippen molar-refractivity contribution in [3.05, 3.63) is 0 Å². The van der Waals surface area contributed by atoms with Crippen molar-refractivity contribution < 1.29 is 0 Å². The fourth-order valence-electron chi connectivity index (χ4n) is 0.604. The van der Waals surface area contributed by atoms with Crippen molar-refractivity contribution in [1.82, 2.24) is 0 Å². The van der Waals surface area contributed by atoms with Gasteiger partial charge in [-0.1, -0.05) is 13.3 Å². The van der Waals surface area contributed by atoms with Crippen molar-refractivity contribution in [3.8, 4) is 0 Å². The van der Waals surface area contributed by atoms with Gasteiger partial charge in [0.25, 0.3) is 0 Å². The van der Waals surface area contributed by atoms with E-state index in [4.69, 9.17) is 11.1 Å². The summed E-state index contributed by atoms with van der Waals surface area (Å²) in [5.74, 6) is 0. The molecule has 1 unspecified atom stereocenters. The van der Waals surface area contributed by atoms with E-state index in [1.807, 2.05) is 0 Å². The first-order valence-corrected chi connectivity index (χ1v) is 2.96. The van der Waals surface area contributed by atoms with Crippen LogP contribution in [-0.2, 0) is 0 Å². The van der Waals surface area contributed by atoms with E-state index in [-0.39, 0.29) is 6.04 Å². The molecule has 0 spiro atoms. The summed E-state index contributed by atoms with van der Waals surface area (Å²) in [6.45, 7) is 2.09. The van der Waals surface area contributed by atoms with Gasteiger partial charge in [-0.05, 0) is 6.42 Å². The van der Waals surface area contributed by atoms with Gasteiger partial charge in [-0.3, -0.25) is 0 Å². The molecule has 0 bridgehead atoms. The molecule has 0 aliphatic rings. The van der Waals surface area contributed by atoms with Crippen LogP contribution in [0.15, 0.2) is 0 Å². The lowest BCUT2D eigenvalue weighted by molar-refractivity contribution is 0.626. The minimum absolute atomic E-state index is 0.164. The third kappa shape index (κ3) is 3.81. The summed E-state index contributed by atoms with van der Waals surface area (Å²) in [5.41, 5.74) is 5.51. The Hall–Kier alpha value is -0.370. The second-order valence-corrected chi connectivity index (χ2v) is 1.93. The molecule has 0 heterocycles. The molecule has 0 aromatic heterocycles. The van der Waals surface area contributed by atoms with Gasteiger partial charge < -0.3 is 11.1 Å². The molecule has 0 saturated carbocycles. The summed E-state index contributed by atoms with van der Waals surface area (Å²) in [6, 6.07) is 0.164. The van der Waals surface area contributed by atoms with Crippen LogP contribution >= 0.6 is 0 Å². The zero-order valence-electron chi connectivity index (χ0n) is 5.28. The average molecular weight is 113 g/mol. The van der Waals surface area contributed by atoms with E-state index in [1.54, 1.807) is 0 Å². The summed E-state index contributed by atoms with van der Waals surface area (Å²) in [4.78, 5) is 0. The second-order valence-electron chi connectivity index (χ2n) is 1.93. The summed E-state index contributed by atoms with van der Waals surface area (Å²) in [5, 5.41) is 6.58. The van der Waals surface area contributed by atoms with Gasteiger partial charge in [0.05, 0.1) is 6.21 Å². The van der Waals surface area contributed by atoms with Gasteiger partial charge in [0.1, 0.15) is 0 Å². The first-order valence-electron chi connectivity index (χ1n) is 2.96. The van der Waals surface area contributed by atoms with Gasteiger partial charge in [-0.25, -0.2) is 0 Å². The SMILES string of the molecule is CCCC(N)C[C]=N. The Labute approximate surface area is 50.6 Å². The van der Waals surface area contributed by atoms with Gasteiger partial charge in [-0.15, -0.1) is 0 Å². The van der Waals surface area contributed by atoms with Crippen molar-refractivity contribution in [1.29, 1.82) is 5.41 Å². The normalized spacial score (nSPS) is 13.2. The molecule has 2 nitrogen and oxygen atoms in total. The molecule has 0 rings (SSSR count). The Bertz CT molecular complexity index is 61.5. The Morgan fingerprint density at radius 3 is 2.75 bits per heavy atom. The lowest BCUT2D eigenvalue weighted by Crippen LogP contribution is -2.19. The second kappa shape index (κ2) is 4.78. The number of hydrogen-bond donors (Lipinski definition) is 2. The molecule has 3 N–H and O–H groups in total. The molecular formula is C6H13N2. The van der Waals surface area contributed by atoms with Crippen LogP contribution in [-0.4, -0.2) is 12.3 Å². The van der Waals surface area contributed by atoms with Gasteiger partial charge in [0.15, 0.2) is 0 Å². The lowest BCUT2D eigenvalue weighted by atomic mass is 10.1. The molecule has 47 valence electrons. The minimum atomic E-state index is 0.164. The summed E-state index contributed by atoms with van der Waals surface area (Å²) < 4.78 is 0. The summed E-state index contributed by atoms with van der Waals surface area (Å²) >= 11 is 0. The highest BCUT2D eigenvalue weighted by Crippen LogP contribution is 1.94. The first kappa shape index (κ1) is 7.63. The van der Waals surface area contributed by atoms with Crippen molar-refractivity contribution >= 4 is 6.21 Å². The molecule has 0 aliphatic carbocycles. The van der Waals surface area contributed by atoms with Crippen LogP contribution < -0.4 is 5.73 Å². The molecule has 0 saturated heterocycles. The van der Waals surface area contributed by atoms with Crippen LogP contribution in [0.4, 0.5) is 0 Å². The van der Waals surface area contributed by atoms with E-state index in [0.717, 1.165) is 12.8 Å². The molecule has 2 heteroatoms. The third-order valence-electron chi connectivity index (χ3n) is 1.02. The predicted octanol–water partition coefficient (Wildman–Crippen LogP) is 1.03. The van der Waals surface area contributed by atoms with Crippen LogP contribution in [0.2, 0.25) is 0 Å². The molecule has 0 aliphatic heterocycles. The number of nitrogens with two attached hydrogens (primary N) is 1. The Morgan fingerprint density at radius 1 is 1.75 bits per heavy atom. The molecular weight excluding hydrogens is 100 g/mol. The maximum Gasteiger partial charge on any atom is 0.0537 e. The highest BCUT2D eigenvalue weighted by atomic mass is 14.6. The average Bonchev–Trinajstić information content (AvgIpc) is 1.68. The van der Waals surface area contributed by atoms with Crippen LogP contribution in [0.5, 0.6) is 0 Å². The highest BCUT2D eigenvalue weighted by molar-refractivity contribution is 5.53. The third-order valence-corrected chi connectivity index (χ3v) is 1.02. The Balaban J connectivity index is 3.03. The minimum Gasteiger partial charge on any atom is -0.327 e. The van der Waals surface area contributed by atoms with E-state index in [2.05, 4.69) is 13.1 Å². The maximum atomic E-state index is 6.58. The van der Waals surface area contributed by atoms with E-state index < -0.39 is 0 Å². The first-order chi connectivity index (χ1) is 3.81. The Kier molecular flexibility index (Phi) is 4.56. The topological polar surface area (TPSA) is 49.9 Å². The van der Waals surface area contributed by atoms with Crippen LogP contribution in [0.1, 0.15) is 26.2 Å². The maximum absolute atomic E-state index is 6.58. The summed E-state index contributed by atoms with van der Waals surface area (Å²) in [6.07, 6.45) is 4.99. The molecule has 0 aromatic carbocycles. The highest BCUT2D eigenvalue weighted by Gasteiger charge is 1.95. The van der Waals surface area contributed by atoms with E-state index >= 15 is 0 Å². The predicted molar refractivity (Wildman–Crippen MR) is 35.2 cm³/mol. The fourth-order valence-corrected chi connectivity index (χ4v) is 0.604. The van der Waals surface area contributed by atoms with Crippen LogP contribution in [0.3, 0.4) is 0 Å². The fraction of sp³-hybridized carbons (Fsp3) is 0.833. The molecule has 1 radical (unpaired) electrons. The lowest BCUT2D eigenvalue weighted by Gasteiger charge is -2.02. The molecule has 0 amide bonds. The number of rotatable bonds is 4. The van der Waals surface area contributed by atoms with Crippen molar-refractivity contribution in [2.75, 3.05) is 0 Å². The zero-order valence-corrected chi connectivity index (χ0v) is 5.28. The molecule has 8 heavy (non-hydrogen) atoms. The van der Waals surface area contributed by atoms with Crippen LogP contribution in [0.25, 0.3) is 0 Å². The number of nitrogens with one attached hydrogen (secondary N) is 1. The Morgan fingerprint density at radius 2 is 2.38 bits per heavy atom. The van der Waals surface area contributed by atoms with Crippen LogP contribution in [0, 0.1) is 5.41 Å².